The van der Waals surface area contributed by atoms with E-state index in [2.05, 4.69) is 5.32 Å². The van der Waals surface area contributed by atoms with E-state index in [-0.39, 0.29) is 30.1 Å². The molecule has 154 valence electrons. The molecule has 1 unspecified atom stereocenters. The molecule has 0 spiro atoms. The normalized spacial score (nSPS) is 19.3. The molecule has 1 aliphatic heterocycles. The topological polar surface area (TPSA) is 58.6 Å². The Bertz CT molecular complexity index is 899. The van der Waals surface area contributed by atoms with E-state index in [1.54, 1.807) is 18.0 Å². The second-order valence-electron chi connectivity index (χ2n) is 7.72. The monoisotopic (exact) mass is 398 g/mol. The second kappa shape index (κ2) is 8.74. The van der Waals surface area contributed by atoms with Gasteiger partial charge in [0.25, 0.3) is 5.91 Å². The zero-order chi connectivity index (χ0) is 21.0. The molecule has 1 fully saturated rings. The number of halogens is 1. The van der Waals surface area contributed by atoms with Crippen LogP contribution in [0.25, 0.3) is 11.1 Å². The van der Waals surface area contributed by atoms with Gasteiger partial charge in [0.15, 0.2) is 5.60 Å². The summed E-state index contributed by atoms with van der Waals surface area (Å²) >= 11 is 0. The van der Waals surface area contributed by atoms with Crippen molar-refractivity contribution < 1.29 is 18.7 Å². The van der Waals surface area contributed by atoms with E-state index in [0.717, 1.165) is 16.7 Å². The number of carbonyl (C=O) groups is 2. The van der Waals surface area contributed by atoms with E-state index >= 15 is 0 Å². The maximum Gasteiger partial charge on any atom is 0.254 e. The lowest BCUT2D eigenvalue weighted by molar-refractivity contribution is -0.167. The molecule has 6 heteroatoms. The minimum Gasteiger partial charge on any atom is -0.361 e. The lowest BCUT2D eigenvalue weighted by Gasteiger charge is -2.42. The minimum absolute atomic E-state index is 0.00934. The molecule has 1 atom stereocenters. The number of carbonyl (C=O) groups excluding carboxylic acids is 2. The van der Waals surface area contributed by atoms with Crippen molar-refractivity contribution in [3.8, 4) is 11.1 Å². The largest absolute Gasteiger partial charge is 0.361 e. The van der Waals surface area contributed by atoms with Crippen LogP contribution in [0.3, 0.4) is 0 Å². The van der Waals surface area contributed by atoms with E-state index in [1.807, 2.05) is 44.2 Å². The number of benzene rings is 2. The summed E-state index contributed by atoms with van der Waals surface area (Å²) < 4.78 is 19.6. The Morgan fingerprint density at radius 3 is 2.52 bits per heavy atom. The van der Waals surface area contributed by atoms with Crippen molar-refractivity contribution >= 4 is 11.8 Å². The van der Waals surface area contributed by atoms with E-state index in [9.17, 15) is 14.0 Å². The first kappa shape index (κ1) is 21.0. The molecule has 29 heavy (non-hydrogen) atoms. The Morgan fingerprint density at radius 2 is 1.86 bits per heavy atom. The van der Waals surface area contributed by atoms with Crippen LogP contribution in [0.4, 0.5) is 4.39 Å². The number of amides is 2. The third-order valence-electron chi connectivity index (χ3n) is 5.21. The molecule has 3 rings (SSSR count). The number of nitrogens with zero attached hydrogens (tertiary/aromatic N) is 1. The molecular formula is C23H27FN2O3. The number of nitrogens with one attached hydrogen (secondary N) is 1. The van der Waals surface area contributed by atoms with Crippen molar-refractivity contribution in [1.82, 2.24) is 10.2 Å². The lowest BCUT2D eigenvalue weighted by atomic mass is 9.89. The molecule has 2 aromatic rings. The Kier molecular flexibility index (Phi) is 6.33. The molecular weight excluding hydrogens is 371 g/mol. The van der Waals surface area contributed by atoms with Gasteiger partial charge in [-0.1, -0.05) is 50.2 Å². The highest BCUT2D eigenvalue weighted by Crippen LogP contribution is 2.28. The number of hydrogen-bond donors (Lipinski definition) is 1. The number of likely N-dealkylation sites (N-methyl/N-ethyl adjacent to an activating group) is 1. The molecule has 1 aliphatic rings. The van der Waals surface area contributed by atoms with Gasteiger partial charge in [0.05, 0.1) is 13.2 Å². The molecule has 0 aromatic heterocycles. The van der Waals surface area contributed by atoms with E-state index < -0.39 is 5.60 Å². The Labute approximate surface area is 170 Å². The molecule has 1 heterocycles. The smallest absolute Gasteiger partial charge is 0.254 e. The molecule has 2 aromatic carbocycles. The van der Waals surface area contributed by atoms with E-state index in [4.69, 9.17) is 4.74 Å². The first-order valence-electron chi connectivity index (χ1n) is 9.84. The van der Waals surface area contributed by atoms with Crippen LogP contribution in [-0.2, 0) is 20.7 Å². The van der Waals surface area contributed by atoms with Crippen LogP contribution in [0, 0.1) is 11.7 Å². The maximum atomic E-state index is 13.6. The third kappa shape index (κ3) is 4.65. The van der Waals surface area contributed by atoms with Crippen LogP contribution in [0.1, 0.15) is 19.4 Å². The van der Waals surface area contributed by atoms with Crippen molar-refractivity contribution in [2.45, 2.75) is 25.9 Å². The summed E-state index contributed by atoms with van der Waals surface area (Å²) in [6.45, 7) is 4.67. The molecule has 1 saturated heterocycles. The Hall–Kier alpha value is -2.73. The number of rotatable bonds is 5. The summed E-state index contributed by atoms with van der Waals surface area (Å²) in [6, 6.07) is 14.0. The first-order valence-corrected chi connectivity index (χ1v) is 9.84. The van der Waals surface area contributed by atoms with Crippen LogP contribution in [0.15, 0.2) is 48.5 Å². The highest BCUT2D eigenvalue weighted by molar-refractivity contribution is 5.87. The number of morpholine rings is 1. The standard InChI is InChI=1S/C23H27FN2O3/c1-16(2)21(27)26-10-11-29-23(15-26,22(28)25-3)14-17-6-4-7-18(12-17)19-8-5-9-20(24)13-19/h4-9,12-13,16H,10-11,14-15H2,1-3H3,(H,25,28). The fourth-order valence-corrected chi connectivity index (χ4v) is 3.75. The van der Waals surface area contributed by atoms with Crippen molar-refractivity contribution in [3.05, 3.63) is 59.9 Å². The zero-order valence-electron chi connectivity index (χ0n) is 17.1. The van der Waals surface area contributed by atoms with Crippen LogP contribution >= 0.6 is 0 Å². The summed E-state index contributed by atoms with van der Waals surface area (Å²) in [6.07, 6.45) is 0.317. The fraction of sp³-hybridized carbons (Fsp3) is 0.391. The summed E-state index contributed by atoms with van der Waals surface area (Å²) in [5.74, 6) is -0.690. The van der Waals surface area contributed by atoms with Gasteiger partial charge in [0.2, 0.25) is 5.91 Å². The predicted octanol–water partition coefficient (Wildman–Crippen LogP) is 3.03. The van der Waals surface area contributed by atoms with E-state index in [1.165, 1.54) is 12.1 Å². The zero-order valence-corrected chi connectivity index (χ0v) is 17.1. The van der Waals surface area contributed by atoms with Gasteiger partial charge in [0.1, 0.15) is 5.82 Å². The van der Waals surface area contributed by atoms with E-state index in [0.29, 0.717) is 19.6 Å². The van der Waals surface area contributed by atoms with Crippen LogP contribution in [-0.4, -0.2) is 49.1 Å². The van der Waals surface area contributed by atoms with Gasteiger partial charge in [-0.2, -0.15) is 0 Å². The van der Waals surface area contributed by atoms with Crippen molar-refractivity contribution in [3.63, 3.8) is 0 Å². The van der Waals surface area contributed by atoms with Crippen LogP contribution < -0.4 is 5.32 Å². The number of hydrogen-bond acceptors (Lipinski definition) is 3. The average molecular weight is 398 g/mol. The number of ether oxygens (including phenoxy) is 1. The molecule has 0 radical (unpaired) electrons. The van der Waals surface area contributed by atoms with Crippen molar-refractivity contribution in [2.75, 3.05) is 26.7 Å². The van der Waals surface area contributed by atoms with Gasteiger partial charge < -0.3 is 15.0 Å². The SMILES string of the molecule is CNC(=O)C1(Cc2cccc(-c3cccc(F)c3)c2)CN(C(=O)C(C)C)CCO1. The Balaban J connectivity index is 1.90. The second-order valence-corrected chi connectivity index (χ2v) is 7.72. The molecule has 5 nitrogen and oxygen atoms in total. The molecule has 1 N–H and O–H groups in total. The highest BCUT2D eigenvalue weighted by atomic mass is 19.1. The van der Waals surface area contributed by atoms with Crippen LogP contribution in [0.2, 0.25) is 0 Å². The summed E-state index contributed by atoms with van der Waals surface area (Å²) in [5.41, 5.74) is 1.36. The highest BCUT2D eigenvalue weighted by Gasteiger charge is 2.44. The quantitative estimate of drug-likeness (QED) is 0.842. The lowest BCUT2D eigenvalue weighted by Crippen LogP contribution is -2.62. The summed E-state index contributed by atoms with van der Waals surface area (Å²) in [7, 11) is 1.57. The maximum absolute atomic E-state index is 13.6. The van der Waals surface area contributed by atoms with Gasteiger partial charge in [-0.3, -0.25) is 9.59 Å². The minimum atomic E-state index is -1.15. The van der Waals surface area contributed by atoms with Gasteiger partial charge in [0, 0.05) is 25.9 Å². The average Bonchev–Trinajstić information content (AvgIpc) is 2.72. The molecule has 0 saturated carbocycles. The van der Waals surface area contributed by atoms with Crippen molar-refractivity contribution in [1.29, 1.82) is 0 Å². The Morgan fingerprint density at radius 1 is 1.17 bits per heavy atom. The van der Waals surface area contributed by atoms with Gasteiger partial charge in [-0.25, -0.2) is 4.39 Å². The fourth-order valence-electron chi connectivity index (χ4n) is 3.75. The van der Waals surface area contributed by atoms with Gasteiger partial charge in [-0.05, 0) is 28.8 Å². The molecule has 2 amide bonds. The summed E-state index contributed by atoms with van der Waals surface area (Å²) in [5, 5.41) is 2.69. The van der Waals surface area contributed by atoms with Crippen molar-refractivity contribution in [2.24, 2.45) is 5.92 Å². The van der Waals surface area contributed by atoms with Crippen LogP contribution in [0.5, 0.6) is 0 Å². The predicted molar refractivity (Wildman–Crippen MR) is 110 cm³/mol. The first-order chi connectivity index (χ1) is 13.8. The van der Waals surface area contributed by atoms with Gasteiger partial charge in [-0.15, -0.1) is 0 Å². The molecule has 0 bridgehead atoms. The molecule has 0 aliphatic carbocycles. The third-order valence-corrected chi connectivity index (χ3v) is 5.21. The summed E-state index contributed by atoms with van der Waals surface area (Å²) in [4.78, 5) is 27.0. The van der Waals surface area contributed by atoms with Gasteiger partial charge >= 0.3 is 0 Å².